The zero-order chi connectivity index (χ0) is 24.3. The Balaban J connectivity index is 0.00000612. The van der Waals surface area contributed by atoms with Crippen LogP contribution in [0.5, 0.6) is 5.88 Å². The van der Waals surface area contributed by atoms with Crippen LogP contribution in [0.25, 0.3) is 11.1 Å². The zero-order valence-electron chi connectivity index (χ0n) is 21.3. The van der Waals surface area contributed by atoms with E-state index in [4.69, 9.17) is 16.2 Å². The number of halogens is 1. The molecule has 8 N–H and O–H groups in total. The predicted molar refractivity (Wildman–Crippen MR) is 149 cm³/mol. The van der Waals surface area contributed by atoms with Crippen LogP contribution in [0, 0.1) is 0 Å². The second-order valence-corrected chi connectivity index (χ2v) is 8.47. The highest BCUT2D eigenvalue weighted by atomic mass is 35.5. The van der Waals surface area contributed by atoms with E-state index in [2.05, 4.69) is 50.5 Å². The average Bonchev–Trinajstić information content (AvgIpc) is 2.87. The van der Waals surface area contributed by atoms with Gasteiger partial charge in [0.15, 0.2) is 0 Å². The summed E-state index contributed by atoms with van der Waals surface area (Å²) in [6, 6.07) is 10.8. The molecule has 0 aliphatic carbocycles. The number of rotatable bonds is 20. The molecule has 0 aliphatic heterocycles. The van der Waals surface area contributed by atoms with Gasteiger partial charge in [-0.2, -0.15) is 0 Å². The summed E-state index contributed by atoms with van der Waals surface area (Å²) in [5, 5.41) is 14.0. The van der Waals surface area contributed by atoms with Gasteiger partial charge in [-0.15, -0.1) is 12.4 Å². The fraction of sp³-hybridized carbons (Fsp3) is 0.577. The van der Waals surface area contributed by atoms with Crippen molar-refractivity contribution in [3.8, 4) is 17.0 Å². The minimum Gasteiger partial charge on any atom is -0.481 e. The summed E-state index contributed by atoms with van der Waals surface area (Å²) < 4.78 is 5.21. The quantitative estimate of drug-likeness (QED) is 0.150. The lowest BCUT2D eigenvalue weighted by atomic mass is 10.0. The molecule has 2 rings (SSSR count). The molecule has 1 aromatic heterocycles. The monoisotopic (exact) mass is 507 g/mol. The Kier molecular flexibility index (Phi) is 18.2. The van der Waals surface area contributed by atoms with E-state index in [1.54, 1.807) is 7.11 Å². The molecule has 0 saturated carbocycles. The molecule has 0 bridgehead atoms. The van der Waals surface area contributed by atoms with Crippen molar-refractivity contribution in [3.63, 3.8) is 0 Å². The summed E-state index contributed by atoms with van der Waals surface area (Å²) in [6.07, 6.45) is 6.13. The van der Waals surface area contributed by atoms with Crippen molar-refractivity contribution >= 4 is 12.4 Å². The highest BCUT2D eigenvalue weighted by Crippen LogP contribution is 2.23. The van der Waals surface area contributed by atoms with Gasteiger partial charge in [-0.05, 0) is 113 Å². The summed E-state index contributed by atoms with van der Waals surface area (Å²) in [5.41, 5.74) is 15.9. The second kappa shape index (κ2) is 20.4. The van der Waals surface area contributed by atoms with Gasteiger partial charge in [0.2, 0.25) is 5.88 Å². The average molecular weight is 508 g/mol. The van der Waals surface area contributed by atoms with Crippen LogP contribution in [0.3, 0.4) is 0 Å². The third-order valence-corrected chi connectivity index (χ3v) is 5.52. The van der Waals surface area contributed by atoms with Crippen LogP contribution < -0.4 is 37.5 Å². The smallest absolute Gasteiger partial charge is 0.212 e. The van der Waals surface area contributed by atoms with Crippen LogP contribution in [-0.2, 0) is 13.1 Å². The Morgan fingerprint density at radius 2 is 1.20 bits per heavy atom. The van der Waals surface area contributed by atoms with Crippen molar-refractivity contribution in [2.45, 2.75) is 38.8 Å². The molecule has 0 saturated heterocycles. The molecule has 0 radical (unpaired) electrons. The van der Waals surface area contributed by atoms with Gasteiger partial charge in [0.05, 0.1) is 7.11 Å². The number of ether oxygens (including phenoxy) is 1. The van der Waals surface area contributed by atoms with Crippen LogP contribution in [0.15, 0.2) is 36.5 Å². The van der Waals surface area contributed by atoms with Gasteiger partial charge in [-0.3, -0.25) is 0 Å². The Morgan fingerprint density at radius 1 is 0.686 bits per heavy atom. The van der Waals surface area contributed by atoms with Crippen LogP contribution in [-0.4, -0.2) is 64.5 Å². The molecule has 0 spiro atoms. The number of nitrogens with one attached hydrogen (secondary N) is 4. The predicted octanol–water partition coefficient (Wildman–Crippen LogP) is 2.02. The minimum atomic E-state index is 0. The maximum Gasteiger partial charge on any atom is 0.212 e. The lowest BCUT2D eigenvalue weighted by Crippen LogP contribution is -2.24. The van der Waals surface area contributed by atoms with E-state index in [-0.39, 0.29) is 12.4 Å². The fourth-order valence-electron chi connectivity index (χ4n) is 3.65. The van der Waals surface area contributed by atoms with Crippen molar-refractivity contribution < 1.29 is 4.74 Å². The lowest BCUT2D eigenvalue weighted by Gasteiger charge is -2.13. The fourth-order valence-corrected chi connectivity index (χ4v) is 3.65. The molecule has 0 fully saturated rings. The molecule has 1 aromatic carbocycles. The second-order valence-electron chi connectivity index (χ2n) is 8.47. The first-order valence-electron chi connectivity index (χ1n) is 12.6. The van der Waals surface area contributed by atoms with E-state index in [0.717, 1.165) is 96.7 Å². The van der Waals surface area contributed by atoms with Gasteiger partial charge in [0, 0.05) is 30.9 Å². The number of aromatic nitrogens is 1. The van der Waals surface area contributed by atoms with Gasteiger partial charge in [-0.1, -0.05) is 6.07 Å². The van der Waals surface area contributed by atoms with E-state index in [1.807, 2.05) is 12.3 Å². The Labute approximate surface area is 217 Å². The van der Waals surface area contributed by atoms with E-state index < -0.39 is 0 Å². The molecule has 0 amide bonds. The van der Waals surface area contributed by atoms with Gasteiger partial charge in [0.25, 0.3) is 0 Å². The molecule has 0 aliphatic rings. The first-order valence-corrected chi connectivity index (χ1v) is 12.6. The number of nitrogens with two attached hydrogens (primary N) is 2. The van der Waals surface area contributed by atoms with Crippen LogP contribution in [0.1, 0.15) is 36.8 Å². The number of hydrogen-bond acceptors (Lipinski definition) is 8. The topological polar surface area (TPSA) is 122 Å². The summed E-state index contributed by atoms with van der Waals surface area (Å²) in [4.78, 5) is 4.38. The third-order valence-electron chi connectivity index (χ3n) is 5.52. The van der Waals surface area contributed by atoms with Gasteiger partial charge in [0.1, 0.15) is 0 Å². The van der Waals surface area contributed by atoms with E-state index >= 15 is 0 Å². The van der Waals surface area contributed by atoms with Gasteiger partial charge < -0.3 is 37.5 Å². The maximum absolute atomic E-state index is 5.53. The first-order chi connectivity index (χ1) is 16.8. The standard InChI is InChI=1S/C26H45N7O.ClH/c1-34-26-7-6-24(21-33-26)25-17-22(19-31-14-4-12-29-10-2-8-27)16-23(18-25)20-32-15-5-13-30-11-3-9-28;/h6-7,16-18,21,29-32H,2-5,8-15,19-20,27-28H2,1H3;1H. The van der Waals surface area contributed by atoms with Crippen molar-refractivity contribution in [1.82, 2.24) is 26.3 Å². The largest absolute Gasteiger partial charge is 0.481 e. The van der Waals surface area contributed by atoms with Crippen molar-refractivity contribution in [2.75, 3.05) is 59.5 Å². The molecular weight excluding hydrogens is 462 g/mol. The number of pyridine rings is 1. The molecule has 9 heteroatoms. The molecule has 198 valence electrons. The third kappa shape index (κ3) is 13.8. The van der Waals surface area contributed by atoms with Crippen LogP contribution in [0.4, 0.5) is 0 Å². The number of benzene rings is 1. The highest BCUT2D eigenvalue weighted by Gasteiger charge is 2.06. The molecule has 8 nitrogen and oxygen atoms in total. The SMILES string of the molecule is COc1ccc(-c2cc(CNCCCNCCCN)cc(CNCCCNCCCN)c2)cn1.Cl. The van der Waals surface area contributed by atoms with Gasteiger partial charge in [-0.25, -0.2) is 4.98 Å². The first kappa shape index (κ1) is 31.3. The van der Waals surface area contributed by atoms with Crippen molar-refractivity contribution in [2.24, 2.45) is 11.5 Å². The van der Waals surface area contributed by atoms with Gasteiger partial charge >= 0.3 is 0 Å². The molecule has 1 heterocycles. The summed E-state index contributed by atoms with van der Waals surface area (Å²) in [5.74, 6) is 0.628. The van der Waals surface area contributed by atoms with E-state index in [0.29, 0.717) is 5.88 Å². The minimum absolute atomic E-state index is 0. The molecule has 0 unspecified atom stereocenters. The molecule has 0 atom stereocenters. The van der Waals surface area contributed by atoms with E-state index in [9.17, 15) is 0 Å². The number of methoxy groups -OCH3 is 1. The van der Waals surface area contributed by atoms with Crippen molar-refractivity contribution in [1.29, 1.82) is 0 Å². The molecular formula is C26H46ClN7O. The molecule has 2 aromatic rings. The van der Waals surface area contributed by atoms with E-state index in [1.165, 1.54) is 16.7 Å². The van der Waals surface area contributed by atoms with Crippen molar-refractivity contribution in [3.05, 3.63) is 47.7 Å². The number of nitrogens with zero attached hydrogens (tertiary/aromatic N) is 1. The normalized spacial score (nSPS) is 10.8. The Bertz CT molecular complexity index is 739. The Morgan fingerprint density at radius 3 is 1.66 bits per heavy atom. The lowest BCUT2D eigenvalue weighted by molar-refractivity contribution is 0.398. The van der Waals surface area contributed by atoms with Crippen LogP contribution in [0.2, 0.25) is 0 Å². The Hall–Kier alpha value is -1.78. The van der Waals surface area contributed by atoms with Crippen LogP contribution >= 0.6 is 12.4 Å². The summed E-state index contributed by atoms with van der Waals surface area (Å²) in [6.45, 7) is 9.16. The molecule has 35 heavy (non-hydrogen) atoms. The summed E-state index contributed by atoms with van der Waals surface area (Å²) in [7, 11) is 1.64. The summed E-state index contributed by atoms with van der Waals surface area (Å²) >= 11 is 0. The maximum atomic E-state index is 5.53. The number of hydrogen-bond donors (Lipinski definition) is 6. The highest BCUT2D eigenvalue weighted by molar-refractivity contribution is 5.85. The zero-order valence-corrected chi connectivity index (χ0v) is 22.1.